The second kappa shape index (κ2) is 3.15. The van der Waals surface area contributed by atoms with Gasteiger partial charge in [-0.2, -0.15) is 13.2 Å². The van der Waals surface area contributed by atoms with Crippen molar-refractivity contribution >= 4 is 0 Å². The van der Waals surface area contributed by atoms with E-state index in [1.807, 2.05) is 12.2 Å². The maximum absolute atomic E-state index is 12.5. The summed E-state index contributed by atoms with van der Waals surface area (Å²) in [6.45, 7) is 0. The van der Waals surface area contributed by atoms with Gasteiger partial charge in [0.1, 0.15) is 0 Å². The molecule has 0 amide bonds. The third-order valence-corrected chi connectivity index (χ3v) is 2.36. The predicted octanol–water partition coefficient (Wildman–Crippen LogP) is 3.69. The number of halogens is 3. The van der Waals surface area contributed by atoms with E-state index in [4.69, 9.17) is 0 Å². The van der Waals surface area contributed by atoms with Crippen molar-refractivity contribution in [3.8, 4) is 0 Å². The zero-order valence-electron chi connectivity index (χ0n) is 7.43. The standard InChI is InChI=1S/C11H9F3/c12-11(13,14)10-7-3-6-9(10)8-4-1-2-5-8/h1,3-5,7H,2,6H2. The summed E-state index contributed by atoms with van der Waals surface area (Å²) in [5.41, 5.74) is 0.642. The van der Waals surface area contributed by atoms with Crippen molar-refractivity contribution in [2.45, 2.75) is 19.0 Å². The lowest BCUT2D eigenvalue weighted by Gasteiger charge is -2.10. The molecule has 2 aliphatic rings. The largest absolute Gasteiger partial charge is 0.416 e. The lowest BCUT2D eigenvalue weighted by atomic mass is 10.0. The molecule has 0 radical (unpaired) electrons. The number of hydrogen-bond acceptors (Lipinski definition) is 0. The normalized spacial score (nSPS) is 20.9. The van der Waals surface area contributed by atoms with Crippen LogP contribution in [0.25, 0.3) is 0 Å². The van der Waals surface area contributed by atoms with Crippen molar-refractivity contribution in [2.75, 3.05) is 0 Å². The summed E-state index contributed by atoms with van der Waals surface area (Å²) < 4.78 is 37.5. The highest BCUT2D eigenvalue weighted by molar-refractivity contribution is 5.53. The molecule has 0 fully saturated rings. The highest BCUT2D eigenvalue weighted by Gasteiger charge is 2.36. The van der Waals surface area contributed by atoms with Crippen molar-refractivity contribution in [1.82, 2.24) is 0 Å². The van der Waals surface area contributed by atoms with Crippen LogP contribution in [0.5, 0.6) is 0 Å². The molecule has 0 atom stereocenters. The molecule has 2 rings (SSSR count). The van der Waals surface area contributed by atoms with Gasteiger partial charge in [-0.15, -0.1) is 0 Å². The molecular formula is C11H9F3. The molecule has 0 aromatic carbocycles. The van der Waals surface area contributed by atoms with Crippen LogP contribution in [-0.2, 0) is 0 Å². The van der Waals surface area contributed by atoms with Crippen LogP contribution in [0.4, 0.5) is 13.2 Å². The van der Waals surface area contributed by atoms with Crippen molar-refractivity contribution in [2.24, 2.45) is 0 Å². The van der Waals surface area contributed by atoms with Gasteiger partial charge in [-0.3, -0.25) is 0 Å². The second-order valence-electron chi connectivity index (χ2n) is 3.29. The molecule has 0 bridgehead atoms. The molecule has 0 aliphatic heterocycles. The molecule has 0 heterocycles. The zero-order chi connectivity index (χ0) is 10.2. The van der Waals surface area contributed by atoms with Crippen LogP contribution in [0, 0.1) is 0 Å². The molecule has 3 heteroatoms. The summed E-state index contributed by atoms with van der Waals surface area (Å²) in [6.07, 6.45) is 5.10. The van der Waals surface area contributed by atoms with E-state index in [1.54, 1.807) is 12.2 Å². The summed E-state index contributed by atoms with van der Waals surface area (Å²) in [5.74, 6) is 0. The van der Waals surface area contributed by atoms with Crippen molar-refractivity contribution in [3.63, 3.8) is 0 Å². The van der Waals surface area contributed by atoms with E-state index >= 15 is 0 Å². The fraction of sp³-hybridized carbons (Fsp3) is 0.273. The Morgan fingerprint density at radius 2 is 1.86 bits per heavy atom. The molecule has 0 aromatic rings. The number of alkyl halides is 3. The lowest BCUT2D eigenvalue weighted by molar-refractivity contribution is -0.0885. The first-order valence-corrected chi connectivity index (χ1v) is 4.43. The van der Waals surface area contributed by atoms with Gasteiger partial charge in [0.25, 0.3) is 0 Å². The van der Waals surface area contributed by atoms with Gasteiger partial charge in [-0.25, -0.2) is 0 Å². The van der Waals surface area contributed by atoms with Gasteiger partial charge in [0, 0.05) is 0 Å². The van der Waals surface area contributed by atoms with Gasteiger partial charge < -0.3 is 0 Å². The highest BCUT2D eigenvalue weighted by atomic mass is 19.4. The molecule has 0 saturated carbocycles. The van der Waals surface area contributed by atoms with E-state index in [0.717, 1.165) is 12.0 Å². The Hall–Kier alpha value is -1.25. The number of hydrogen-bond donors (Lipinski definition) is 0. The van der Waals surface area contributed by atoms with Gasteiger partial charge in [0.05, 0.1) is 5.57 Å². The number of rotatable bonds is 1. The SMILES string of the molecule is FC(F)(F)C1=C(C2=CCC=C2)CC=C1. The lowest BCUT2D eigenvalue weighted by Crippen LogP contribution is -2.11. The minimum absolute atomic E-state index is 0.394. The summed E-state index contributed by atoms with van der Waals surface area (Å²) >= 11 is 0. The Balaban J connectivity index is 2.39. The van der Waals surface area contributed by atoms with Crippen molar-refractivity contribution in [1.29, 1.82) is 0 Å². The highest BCUT2D eigenvalue weighted by Crippen LogP contribution is 2.38. The molecule has 0 unspecified atom stereocenters. The second-order valence-corrected chi connectivity index (χ2v) is 3.29. The minimum atomic E-state index is -4.22. The third-order valence-electron chi connectivity index (χ3n) is 2.36. The molecule has 0 nitrogen and oxygen atoms in total. The van der Waals surface area contributed by atoms with Gasteiger partial charge in [0.2, 0.25) is 0 Å². The maximum Gasteiger partial charge on any atom is 0.416 e. The molecule has 0 saturated heterocycles. The smallest absolute Gasteiger partial charge is 0.166 e. The molecular weight excluding hydrogens is 189 g/mol. The molecule has 0 spiro atoms. The van der Waals surface area contributed by atoms with E-state index in [9.17, 15) is 13.2 Å². The van der Waals surface area contributed by atoms with Gasteiger partial charge >= 0.3 is 6.18 Å². The van der Waals surface area contributed by atoms with Crippen LogP contribution < -0.4 is 0 Å². The summed E-state index contributed by atoms with van der Waals surface area (Å²) in [6, 6.07) is 0. The van der Waals surface area contributed by atoms with Gasteiger partial charge in [0.15, 0.2) is 0 Å². The van der Waals surface area contributed by atoms with E-state index < -0.39 is 11.7 Å². The quantitative estimate of drug-likeness (QED) is 0.602. The maximum atomic E-state index is 12.5. The van der Waals surface area contributed by atoms with Gasteiger partial charge in [-0.1, -0.05) is 30.4 Å². The molecule has 0 N–H and O–H groups in total. The first kappa shape index (κ1) is 9.31. The van der Waals surface area contributed by atoms with Crippen LogP contribution in [0.1, 0.15) is 12.8 Å². The van der Waals surface area contributed by atoms with E-state index in [2.05, 4.69) is 0 Å². The Morgan fingerprint density at radius 3 is 2.43 bits per heavy atom. The zero-order valence-corrected chi connectivity index (χ0v) is 7.43. The predicted molar refractivity (Wildman–Crippen MR) is 48.7 cm³/mol. The van der Waals surface area contributed by atoms with Crippen molar-refractivity contribution < 1.29 is 13.2 Å². The van der Waals surface area contributed by atoms with E-state index in [-0.39, 0.29) is 0 Å². The average molecular weight is 198 g/mol. The first-order valence-electron chi connectivity index (χ1n) is 4.43. The van der Waals surface area contributed by atoms with Gasteiger partial charge in [-0.05, 0) is 24.0 Å². The van der Waals surface area contributed by atoms with Crippen LogP contribution in [0.15, 0.2) is 47.1 Å². The summed E-state index contributed by atoms with van der Waals surface area (Å²) in [4.78, 5) is 0. The van der Waals surface area contributed by atoms with Crippen LogP contribution in [-0.4, -0.2) is 6.18 Å². The summed E-state index contributed by atoms with van der Waals surface area (Å²) in [5, 5.41) is 0. The fourth-order valence-corrected chi connectivity index (χ4v) is 1.73. The Labute approximate surface area is 80.1 Å². The summed E-state index contributed by atoms with van der Waals surface area (Å²) in [7, 11) is 0. The fourth-order valence-electron chi connectivity index (χ4n) is 1.73. The Bertz CT molecular complexity index is 364. The van der Waals surface area contributed by atoms with Crippen molar-refractivity contribution in [3.05, 3.63) is 47.1 Å². The van der Waals surface area contributed by atoms with Crippen LogP contribution >= 0.6 is 0 Å². The molecule has 74 valence electrons. The van der Waals surface area contributed by atoms with Crippen LogP contribution in [0.3, 0.4) is 0 Å². The average Bonchev–Trinajstić information content (AvgIpc) is 2.73. The molecule has 0 aromatic heterocycles. The first-order chi connectivity index (χ1) is 6.59. The topological polar surface area (TPSA) is 0 Å². The van der Waals surface area contributed by atoms with Crippen LogP contribution in [0.2, 0.25) is 0 Å². The number of allylic oxidation sites excluding steroid dienone is 8. The monoisotopic (exact) mass is 198 g/mol. The minimum Gasteiger partial charge on any atom is -0.166 e. The van der Waals surface area contributed by atoms with E-state index in [0.29, 0.717) is 12.0 Å². The third kappa shape index (κ3) is 1.54. The Morgan fingerprint density at radius 1 is 1.07 bits per heavy atom. The molecule has 2 aliphatic carbocycles. The molecule has 14 heavy (non-hydrogen) atoms. The van der Waals surface area contributed by atoms with E-state index in [1.165, 1.54) is 6.08 Å². The Kier molecular flexibility index (Phi) is 2.10.